The van der Waals surface area contributed by atoms with E-state index in [1.54, 1.807) is 7.11 Å². The quantitative estimate of drug-likeness (QED) is 0.920. The van der Waals surface area contributed by atoms with Crippen molar-refractivity contribution in [2.75, 3.05) is 19.0 Å². The summed E-state index contributed by atoms with van der Waals surface area (Å²) in [5.41, 5.74) is 4.82. The Labute approximate surface area is 119 Å². The number of anilines is 1. The molecule has 1 aliphatic heterocycles. The predicted molar refractivity (Wildman–Crippen MR) is 80.7 cm³/mol. The van der Waals surface area contributed by atoms with Gasteiger partial charge >= 0.3 is 0 Å². The molecule has 0 spiro atoms. The van der Waals surface area contributed by atoms with Gasteiger partial charge in [0, 0.05) is 13.0 Å². The van der Waals surface area contributed by atoms with Gasteiger partial charge in [0.1, 0.15) is 11.5 Å². The highest BCUT2D eigenvalue weighted by Crippen LogP contribution is 2.28. The molecular weight excluding hydrogens is 250 g/mol. The van der Waals surface area contributed by atoms with Crippen LogP contribution >= 0.6 is 0 Å². The van der Waals surface area contributed by atoms with Gasteiger partial charge in [0.25, 0.3) is 0 Å². The summed E-state index contributed by atoms with van der Waals surface area (Å²) in [6.45, 7) is 3.67. The van der Waals surface area contributed by atoms with E-state index in [0.29, 0.717) is 0 Å². The van der Waals surface area contributed by atoms with Crippen LogP contribution < -0.4 is 14.8 Å². The molecule has 20 heavy (non-hydrogen) atoms. The van der Waals surface area contributed by atoms with Crippen LogP contribution in [0.5, 0.6) is 11.5 Å². The molecule has 2 aromatic rings. The second kappa shape index (κ2) is 5.45. The minimum atomic E-state index is 0.785. The maximum Gasteiger partial charge on any atom is 0.141 e. The zero-order chi connectivity index (χ0) is 13.9. The highest BCUT2D eigenvalue weighted by molar-refractivity contribution is 5.58. The zero-order valence-corrected chi connectivity index (χ0v) is 11.9. The van der Waals surface area contributed by atoms with Crippen molar-refractivity contribution in [2.24, 2.45) is 0 Å². The first-order valence-electron chi connectivity index (χ1n) is 6.89. The SMILES string of the molecule is COc1ccc(C)cc1NCc1ccc2c(c1)CCO2. The first-order valence-corrected chi connectivity index (χ1v) is 6.89. The number of hydrogen-bond acceptors (Lipinski definition) is 3. The standard InChI is InChI=1S/C17H19NO2/c1-12-3-5-17(19-2)15(9-12)18-11-13-4-6-16-14(10-13)7-8-20-16/h3-6,9-10,18H,7-8,11H2,1-2H3. The van der Waals surface area contributed by atoms with Crippen molar-refractivity contribution >= 4 is 5.69 Å². The number of hydrogen-bond donors (Lipinski definition) is 1. The number of methoxy groups -OCH3 is 1. The van der Waals surface area contributed by atoms with Crippen molar-refractivity contribution in [3.05, 3.63) is 53.1 Å². The van der Waals surface area contributed by atoms with Crippen LogP contribution in [-0.4, -0.2) is 13.7 Å². The van der Waals surface area contributed by atoms with Gasteiger partial charge in [-0.05, 0) is 41.8 Å². The molecule has 0 atom stereocenters. The van der Waals surface area contributed by atoms with E-state index >= 15 is 0 Å². The molecule has 0 radical (unpaired) electrons. The minimum absolute atomic E-state index is 0.785. The number of rotatable bonds is 4. The minimum Gasteiger partial charge on any atom is -0.495 e. The highest BCUT2D eigenvalue weighted by Gasteiger charge is 2.12. The van der Waals surface area contributed by atoms with Gasteiger partial charge in [-0.2, -0.15) is 0 Å². The molecule has 0 aromatic heterocycles. The Bertz CT molecular complexity index is 622. The Balaban J connectivity index is 1.75. The van der Waals surface area contributed by atoms with E-state index in [1.807, 2.05) is 6.07 Å². The molecule has 0 saturated carbocycles. The molecule has 0 unspecified atom stereocenters. The molecule has 1 heterocycles. The van der Waals surface area contributed by atoms with Gasteiger partial charge in [0.05, 0.1) is 19.4 Å². The van der Waals surface area contributed by atoms with Crippen molar-refractivity contribution in [1.29, 1.82) is 0 Å². The fraction of sp³-hybridized carbons (Fsp3) is 0.294. The topological polar surface area (TPSA) is 30.5 Å². The predicted octanol–water partition coefficient (Wildman–Crippen LogP) is 3.55. The Morgan fingerprint density at radius 3 is 2.95 bits per heavy atom. The molecule has 0 bridgehead atoms. The van der Waals surface area contributed by atoms with Crippen molar-refractivity contribution in [3.63, 3.8) is 0 Å². The second-order valence-electron chi connectivity index (χ2n) is 5.10. The van der Waals surface area contributed by atoms with E-state index in [1.165, 1.54) is 16.7 Å². The summed E-state index contributed by atoms with van der Waals surface area (Å²) in [6, 6.07) is 12.5. The van der Waals surface area contributed by atoms with Crippen LogP contribution in [0.4, 0.5) is 5.69 Å². The second-order valence-corrected chi connectivity index (χ2v) is 5.10. The third-order valence-electron chi connectivity index (χ3n) is 3.59. The van der Waals surface area contributed by atoms with Crippen molar-refractivity contribution in [3.8, 4) is 11.5 Å². The lowest BCUT2D eigenvalue weighted by atomic mass is 10.1. The number of nitrogens with one attached hydrogen (secondary N) is 1. The van der Waals surface area contributed by atoms with Crippen LogP contribution in [0.1, 0.15) is 16.7 Å². The third-order valence-corrected chi connectivity index (χ3v) is 3.59. The fourth-order valence-electron chi connectivity index (χ4n) is 2.51. The van der Waals surface area contributed by atoms with E-state index in [9.17, 15) is 0 Å². The van der Waals surface area contributed by atoms with Gasteiger partial charge < -0.3 is 14.8 Å². The summed E-state index contributed by atoms with van der Waals surface area (Å²) in [4.78, 5) is 0. The molecule has 0 amide bonds. The average molecular weight is 269 g/mol. The Hall–Kier alpha value is -2.16. The number of fused-ring (bicyclic) bond motifs is 1. The molecule has 0 aliphatic carbocycles. The number of benzene rings is 2. The first-order chi connectivity index (χ1) is 9.76. The maximum absolute atomic E-state index is 5.53. The number of aryl methyl sites for hydroxylation is 1. The molecule has 2 aromatic carbocycles. The summed E-state index contributed by atoms with van der Waals surface area (Å²) in [6.07, 6.45) is 1.01. The monoisotopic (exact) mass is 269 g/mol. The highest BCUT2D eigenvalue weighted by atomic mass is 16.5. The maximum atomic E-state index is 5.53. The van der Waals surface area contributed by atoms with Gasteiger partial charge in [-0.15, -0.1) is 0 Å². The molecule has 3 heteroatoms. The van der Waals surface area contributed by atoms with E-state index in [4.69, 9.17) is 9.47 Å². The molecule has 0 fully saturated rings. The lowest BCUT2D eigenvalue weighted by molar-refractivity contribution is 0.357. The van der Waals surface area contributed by atoms with Gasteiger partial charge in [0.15, 0.2) is 0 Å². The fourth-order valence-corrected chi connectivity index (χ4v) is 2.51. The third kappa shape index (κ3) is 2.57. The van der Waals surface area contributed by atoms with Crippen molar-refractivity contribution in [1.82, 2.24) is 0 Å². The zero-order valence-electron chi connectivity index (χ0n) is 11.9. The van der Waals surface area contributed by atoms with Gasteiger partial charge in [0.2, 0.25) is 0 Å². The Kier molecular flexibility index (Phi) is 3.50. The molecule has 1 aliphatic rings. The lowest BCUT2D eigenvalue weighted by Crippen LogP contribution is -2.02. The summed E-state index contributed by atoms with van der Waals surface area (Å²) in [5.74, 6) is 1.90. The average Bonchev–Trinajstić information content (AvgIpc) is 2.92. The van der Waals surface area contributed by atoms with E-state index in [0.717, 1.165) is 36.8 Å². The smallest absolute Gasteiger partial charge is 0.141 e. The van der Waals surface area contributed by atoms with Crippen LogP contribution in [-0.2, 0) is 13.0 Å². The van der Waals surface area contributed by atoms with Gasteiger partial charge in [-0.25, -0.2) is 0 Å². The van der Waals surface area contributed by atoms with Gasteiger partial charge in [-0.3, -0.25) is 0 Å². The van der Waals surface area contributed by atoms with Gasteiger partial charge in [-0.1, -0.05) is 18.2 Å². The first kappa shape index (κ1) is 12.9. The van der Waals surface area contributed by atoms with Crippen LogP contribution in [0.3, 0.4) is 0 Å². The van der Waals surface area contributed by atoms with Crippen LogP contribution in [0, 0.1) is 6.92 Å². The molecular formula is C17H19NO2. The summed E-state index contributed by atoms with van der Waals surface area (Å²) in [5, 5.41) is 3.45. The lowest BCUT2D eigenvalue weighted by Gasteiger charge is -2.12. The largest absolute Gasteiger partial charge is 0.495 e. The molecule has 3 rings (SSSR count). The molecule has 0 saturated heterocycles. The van der Waals surface area contributed by atoms with Crippen molar-refractivity contribution < 1.29 is 9.47 Å². The number of ether oxygens (including phenoxy) is 2. The summed E-state index contributed by atoms with van der Waals surface area (Å²) < 4.78 is 10.9. The van der Waals surface area contributed by atoms with E-state index in [2.05, 4.69) is 42.6 Å². The molecule has 104 valence electrons. The summed E-state index contributed by atoms with van der Waals surface area (Å²) in [7, 11) is 1.70. The molecule has 3 nitrogen and oxygen atoms in total. The van der Waals surface area contributed by atoms with E-state index in [-0.39, 0.29) is 0 Å². The van der Waals surface area contributed by atoms with Crippen LogP contribution in [0.2, 0.25) is 0 Å². The van der Waals surface area contributed by atoms with Crippen molar-refractivity contribution in [2.45, 2.75) is 19.9 Å². The Morgan fingerprint density at radius 2 is 2.10 bits per heavy atom. The van der Waals surface area contributed by atoms with Crippen LogP contribution in [0.15, 0.2) is 36.4 Å². The molecule has 1 N–H and O–H groups in total. The van der Waals surface area contributed by atoms with Crippen LogP contribution in [0.25, 0.3) is 0 Å². The van der Waals surface area contributed by atoms with E-state index < -0.39 is 0 Å². The summed E-state index contributed by atoms with van der Waals surface area (Å²) >= 11 is 0. The normalized spacial score (nSPS) is 12.7. The Morgan fingerprint density at radius 1 is 1.20 bits per heavy atom.